The van der Waals surface area contributed by atoms with Crippen molar-refractivity contribution in [1.29, 1.82) is 0 Å². The van der Waals surface area contributed by atoms with Crippen LogP contribution in [0.4, 0.5) is 5.69 Å². The van der Waals surface area contributed by atoms with Crippen molar-refractivity contribution in [3.63, 3.8) is 0 Å². The fourth-order valence-electron chi connectivity index (χ4n) is 3.37. The number of carbonyl (C=O) groups is 3. The number of carbonyl (C=O) groups excluding carboxylic acids is 3. The number of ether oxygens (including phenoxy) is 1. The van der Waals surface area contributed by atoms with Gasteiger partial charge in [-0.05, 0) is 50.3 Å². The Morgan fingerprint density at radius 2 is 1.79 bits per heavy atom. The van der Waals surface area contributed by atoms with Crippen molar-refractivity contribution >= 4 is 23.4 Å². The van der Waals surface area contributed by atoms with Crippen molar-refractivity contribution < 1.29 is 19.1 Å². The van der Waals surface area contributed by atoms with Crippen LogP contribution in [-0.4, -0.2) is 35.3 Å². The largest absolute Gasteiger partial charge is 0.374 e. The molecule has 1 unspecified atom stereocenters. The summed E-state index contributed by atoms with van der Waals surface area (Å²) in [5.41, 5.74) is 1.85. The Hall–Kier alpha value is -2.21. The molecule has 0 aromatic heterocycles. The minimum Gasteiger partial charge on any atom is -0.374 e. The Kier molecular flexibility index (Phi) is 8.83. The minimum absolute atomic E-state index is 0.0237. The molecule has 0 spiro atoms. The number of rotatable bonds is 11. The third kappa shape index (κ3) is 7.28. The maximum absolute atomic E-state index is 12.3. The lowest BCUT2D eigenvalue weighted by atomic mass is 9.94. The van der Waals surface area contributed by atoms with Gasteiger partial charge in [-0.3, -0.25) is 19.3 Å². The number of imide groups is 1. The molecule has 0 aliphatic carbocycles. The smallest absolute Gasteiger partial charge is 0.233 e. The molecule has 0 radical (unpaired) electrons. The van der Waals surface area contributed by atoms with Gasteiger partial charge in [0.15, 0.2) is 0 Å². The van der Waals surface area contributed by atoms with Crippen molar-refractivity contribution in [2.45, 2.75) is 72.5 Å². The van der Waals surface area contributed by atoms with E-state index in [-0.39, 0.29) is 35.7 Å². The van der Waals surface area contributed by atoms with Crippen LogP contribution in [-0.2, 0) is 25.7 Å². The van der Waals surface area contributed by atoms with Gasteiger partial charge in [-0.25, -0.2) is 0 Å². The van der Waals surface area contributed by atoms with Gasteiger partial charge < -0.3 is 10.1 Å². The molecule has 1 aliphatic rings. The topological polar surface area (TPSA) is 75.7 Å². The predicted molar refractivity (Wildman–Crippen MR) is 113 cm³/mol. The molecule has 29 heavy (non-hydrogen) atoms. The molecule has 1 aromatic rings. The number of benzene rings is 1. The number of anilines is 1. The van der Waals surface area contributed by atoms with Crippen molar-refractivity contribution in [2.75, 3.05) is 11.9 Å². The van der Waals surface area contributed by atoms with Gasteiger partial charge in [0.1, 0.15) is 0 Å². The fourth-order valence-corrected chi connectivity index (χ4v) is 3.37. The lowest BCUT2D eigenvalue weighted by molar-refractivity contribution is -0.139. The van der Waals surface area contributed by atoms with E-state index in [2.05, 4.69) is 5.32 Å². The summed E-state index contributed by atoms with van der Waals surface area (Å²) in [6.45, 7) is 8.97. The van der Waals surface area contributed by atoms with E-state index in [1.54, 1.807) is 0 Å². The van der Waals surface area contributed by atoms with E-state index in [1.807, 2.05) is 52.0 Å². The highest BCUT2D eigenvalue weighted by Crippen LogP contribution is 2.26. The highest BCUT2D eigenvalue weighted by atomic mass is 16.5. The maximum atomic E-state index is 12.3. The lowest BCUT2D eigenvalue weighted by Crippen LogP contribution is -2.32. The zero-order valence-corrected chi connectivity index (χ0v) is 18.1. The third-order valence-corrected chi connectivity index (χ3v) is 5.19. The Balaban J connectivity index is 1.64. The van der Waals surface area contributed by atoms with Crippen molar-refractivity contribution in [2.24, 2.45) is 11.8 Å². The van der Waals surface area contributed by atoms with E-state index in [9.17, 15) is 14.4 Å². The highest BCUT2D eigenvalue weighted by molar-refractivity contribution is 6.03. The van der Waals surface area contributed by atoms with E-state index >= 15 is 0 Å². The molecule has 6 nitrogen and oxygen atoms in total. The first kappa shape index (κ1) is 23.1. The third-order valence-electron chi connectivity index (χ3n) is 5.19. The second-order valence-electron chi connectivity index (χ2n) is 8.35. The monoisotopic (exact) mass is 402 g/mol. The summed E-state index contributed by atoms with van der Waals surface area (Å²) in [6, 6.07) is 7.66. The summed E-state index contributed by atoms with van der Waals surface area (Å²) in [5.74, 6) is -0.100. The standard InChI is InChI=1S/C23H34N2O4/c1-16(2)20-14-22(27)25(23(20)28)13-7-5-6-8-21(26)24-19-11-9-18(10-12-19)15-29-17(3)4/h9-12,16-17,20H,5-8,13-15H2,1-4H3,(H,24,26). The van der Waals surface area contributed by atoms with Gasteiger partial charge in [-0.15, -0.1) is 0 Å². The normalized spacial score (nSPS) is 16.9. The molecule has 160 valence electrons. The van der Waals surface area contributed by atoms with Crippen molar-refractivity contribution in [3.8, 4) is 0 Å². The number of unbranched alkanes of at least 4 members (excludes halogenated alkanes) is 2. The molecule has 1 N–H and O–H groups in total. The molecule has 1 saturated heterocycles. The molecule has 1 heterocycles. The zero-order valence-electron chi connectivity index (χ0n) is 18.1. The molecule has 3 amide bonds. The van der Waals surface area contributed by atoms with E-state index in [4.69, 9.17) is 4.74 Å². The first-order chi connectivity index (χ1) is 13.8. The van der Waals surface area contributed by atoms with Gasteiger partial charge in [0, 0.05) is 31.0 Å². The first-order valence-corrected chi connectivity index (χ1v) is 10.6. The van der Waals surface area contributed by atoms with Crippen LogP contribution in [0, 0.1) is 11.8 Å². The average molecular weight is 403 g/mol. The Morgan fingerprint density at radius 1 is 1.10 bits per heavy atom. The zero-order chi connectivity index (χ0) is 21.4. The summed E-state index contributed by atoms with van der Waals surface area (Å²) >= 11 is 0. The molecule has 0 bridgehead atoms. The van der Waals surface area contributed by atoms with Crippen LogP contribution in [0.1, 0.15) is 65.4 Å². The molecular weight excluding hydrogens is 368 g/mol. The summed E-state index contributed by atoms with van der Waals surface area (Å²) < 4.78 is 5.56. The van der Waals surface area contributed by atoms with E-state index < -0.39 is 0 Å². The van der Waals surface area contributed by atoms with E-state index in [1.165, 1.54) is 4.90 Å². The number of amides is 3. The van der Waals surface area contributed by atoms with Gasteiger partial charge in [-0.2, -0.15) is 0 Å². The highest BCUT2D eigenvalue weighted by Gasteiger charge is 2.39. The summed E-state index contributed by atoms with van der Waals surface area (Å²) in [6.07, 6.45) is 3.22. The SMILES string of the molecule is CC(C)OCc1ccc(NC(=O)CCCCCN2C(=O)CC(C(C)C)C2=O)cc1. The van der Waals surface area contributed by atoms with Crippen LogP contribution in [0.5, 0.6) is 0 Å². The summed E-state index contributed by atoms with van der Waals surface area (Å²) in [7, 11) is 0. The lowest BCUT2D eigenvalue weighted by Gasteiger charge is -2.16. The second kappa shape index (κ2) is 11.1. The van der Waals surface area contributed by atoms with Gasteiger partial charge in [-0.1, -0.05) is 32.4 Å². The van der Waals surface area contributed by atoms with Crippen LogP contribution in [0.3, 0.4) is 0 Å². The Bertz CT molecular complexity index is 697. The van der Waals surface area contributed by atoms with Crippen LogP contribution in [0.25, 0.3) is 0 Å². The van der Waals surface area contributed by atoms with Crippen molar-refractivity contribution in [3.05, 3.63) is 29.8 Å². The molecule has 2 rings (SSSR count). The van der Waals surface area contributed by atoms with Crippen LogP contribution >= 0.6 is 0 Å². The quantitative estimate of drug-likeness (QED) is 0.446. The van der Waals surface area contributed by atoms with Crippen LogP contribution in [0.15, 0.2) is 24.3 Å². The summed E-state index contributed by atoms with van der Waals surface area (Å²) in [5, 5.41) is 2.90. The molecule has 0 saturated carbocycles. The number of hydrogen-bond donors (Lipinski definition) is 1. The van der Waals surface area contributed by atoms with E-state index in [0.717, 1.165) is 30.5 Å². The molecule has 1 aromatic carbocycles. The number of nitrogens with zero attached hydrogens (tertiary/aromatic N) is 1. The Labute approximate surface area is 174 Å². The Morgan fingerprint density at radius 3 is 2.38 bits per heavy atom. The van der Waals surface area contributed by atoms with E-state index in [0.29, 0.717) is 26.0 Å². The first-order valence-electron chi connectivity index (χ1n) is 10.6. The number of nitrogens with one attached hydrogen (secondary N) is 1. The average Bonchev–Trinajstić information content (AvgIpc) is 2.95. The summed E-state index contributed by atoms with van der Waals surface area (Å²) in [4.78, 5) is 37.8. The number of hydrogen-bond acceptors (Lipinski definition) is 4. The second-order valence-corrected chi connectivity index (χ2v) is 8.35. The van der Waals surface area contributed by atoms with Crippen LogP contribution < -0.4 is 5.32 Å². The molecule has 1 atom stereocenters. The maximum Gasteiger partial charge on any atom is 0.233 e. The van der Waals surface area contributed by atoms with Crippen LogP contribution in [0.2, 0.25) is 0 Å². The molecule has 6 heteroatoms. The number of likely N-dealkylation sites (tertiary alicyclic amines) is 1. The van der Waals surface area contributed by atoms with Gasteiger partial charge in [0.05, 0.1) is 12.7 Å². The molecule has 1 fully saturated rings. The fraction of sp³-hybridized carbons (Fsp3) is 0.609. The van der Waals surface area contributed by atoms with Gasteiger partial charge in [0.25, 0.3) is 0 Å². The van der Waals surface area contributed by atoms with Gasteiger partial charge in [0.2, 0.25) is 17.7 Å². The predicted octanol–water partition coefficient (Wildman–Crippen LogP) is 4.14. The molecule has 1 aliphatic heterocycles. The van der Waals surface area contributed by atoms with Crippen molar-refractivity contribution in [1.82, 2.24) is 4.90 Å². The van der Waals surface area contributed by atoms with Gasteiger partial charge >= 0.3 is 0 Å². The minimum atomic E-state index is -0.170. The molecular formula is C23H34N2O4.